The highest BCUT2D eigenvalue weighted by molar-refractivity contribution is 6.39. The predicted octanol–water partition coefficient (Wildman–Crippen LogP) is 3.27. The van der Waals surface area contributed by atoms with Crippen LogP contribution in [0.15, 0.2) is 77.9 Å². The number of hydrogen-bond donors (Lipinski definition) is 3. The summed E-state index contributed by atoms with van der Waals surface area (Å²) in [7, 11) is 0. The molecule has 3 N–H and O–H groups in total. The molecule has 3 aromatic carbocycles. The minimum atomic E-state index is -0.945. The molecule has 0 radical (unpaired) electrons. The van der Waals surface area contributed by atoms with Crippen LogP contribution in [0.25, 0.3) is 0 Å². The van der Waals surface area contributed by atoms with Gasteiger partial charge in [-0.15, -0.1) is 0 Å². The summed E-state index contributed by atoms with van der Waals surface area (Å²) < 4.78 is 16.7. The molecule has 3 rings (SSSR count). The number of nitrogens with one attached hydrogen (secondary N) is 3. The van der Waals surface area contributed by atoms with E-state index in [9.17, 15) is 14.4 Å². The van der Waals surface area contributed by atoms with E-state index in [4.69, 9.17) is 14.2 Å². The third-order valence-corrected chi connectivity index (χ3v) is 4.98. The second kappa shape index (κ2) is 14.6. The van der Waals surface area contributed by atoms with Crippen LogP contribution in [0.1, 0.15) is 25.0 Å². The zero-order chi connectivity index (χ0) is 27.2. The van der Waals surface area contributed by atoms with Gasteiger partial charge in [-0.05, 0) is 55.3 Å². The van der Waals surface area contributed by atoms with Crippen LogP contribution in [0.4, 0.5) is 5.69 Å². The van der Waals surface area contributed by atoms with Gasteiger partial charge >= 0.3 is 11.8 Å². The molecule has 0 aliphatic rings. The van der Waals surface area contributed by atoms with Crippen LogP contribution < -0.4 is 30.3 Å². The Balaban J connectivity index is 1.53. The van der Waals surface area contributed by atoms with Crippen LogP contribution in [-0.4, -0.2) is 43.8 Å². The molecule has 0 aromatic heterocycles. The number of hydrazone groups is 1. The fraction of sp³-hybridized carbons (Fsp3) is 0.214. The summed E-state index contributed by atoms with van der Waals surface area (Å²) in [6.45, 7) is 4.65. The first-order valence-corrected chi connectivity index (χ1v) is 12.1. The Morgan fingerprint density at radius 1 is 0.789 bits per heavy atom. The highest BCUT2D eigenvalue weighted by Gasteiger charge is 2.15. The Bertz CT molecular complexity index is 1260. The lowest BCUT2D eigenvalue weighted by molar-refractivity contribution is -0.136. The Hall–Kier alpha value is -4.86. The van der Waals surface area contributed by atoms with Crippen molar-refractivity contribution in [3.05, 3.63) is 83.9 Å². The van der Waals surface area contributed by atoms with Gasteiger partial charge in [0.25, 0.3) is 5.91 Å². The van der Waals surface area contributed by atoms with Gasteiger partial charge in [-0.3, -0.25) is 14.4 Å². The summed E-state index contributed by atoms with van der Waals surface area (Å²) in [6.07, 6.45) is 1.36. The smallest absolute Gasteiger partial charge is 0.329 e. The van der Waals surface area contributed by atoms with Crippen molar-refractivity contribution in [1.29, 1.82) is 0 Å². The normalized spacial score (nSPS) is 10.5. The Labute approximate surface area is 221 Å². The summed E-state index contributed by atoms with van der Waals surface area (Å²) in [5.74, 6) is -0.859. The first-order chi connectivity index (χ1) is 18.5. The van der Waals surface area contributed by atoms with Crippen molar-refractivity contribution in [2.75, 3.05) is 25.1 Å². The average Bonchev–Trinajstić information content (AvgIpc) is 2.93. The lowest BCUT2D eigenvalue weighted by Gasteiger charge is -2.12. The van der Waals surface area contributed by atoms with E-state index in [0.717, 1.165) is 5.56 Å². The van der Waals surface area contributed by atoms with E-state index in [-0.39, 0.29) is 12.5 Å². The first kappa shape index (κ1) is 27.7. The number of benzene rings is 3. The maximum absolute atomic E-state index is 12.2. The molecule has 3 aromatic rings. The minimum absolute atomic E-state index is 0.183. The fourth-order valence-corrected chi connectivity index (χ4v) is 3.23. The number of hydrogen-bond acceptors (Lipinski definition) is 7. The number of ether oxygens (including phenoxy) is 3. The van der Waals surface area contributed by atoms with Gasteiger partial charge in [0, 0.05) is 6.54 Å². The molecule has 0 spiro atoms. The van der Waals surface area contributed by atoms with Crippen molar-refractivity contribution < 1.29 is 28.6 Å². The van der Waals surface area contributed by atoms with E-state index in [2.05, 4.69) is 21.2 Å². The zero-order valence-electron chi connectivity index (χ0n) is 21.2. The highest BCUT2D eigenvalue weighted by Crippen LogP contribution is 2.28. The highest BCUT2D eigenvalue weighted by atomic mass is 16.5. The molecule has 10 heteroatoms. The van der Waals surface area contributed by atoms with E-state index in [1.807, 2.05) is 44.2 Å². The third kappa shape index (κ3) is 8.66. The second-order valence-electron chi connectivity index (χ2n) is 7.77. The summed E-state index contributed by atoms with van der Waals surface area (Å²) >= 11 is 0. The second-order valence-corrected chi connectivity index (χ2v) is 7.77. The van der Waals surface area contributed by atoms with Crippen molar-refractivity contribution in [3.8, 4) is 17.2 Å². The van der Waals surface area contributed by atoms with E-state index >= 15 is 0 Å². The molecule has 0 atom stereocenters. The number of anilines is 1. The molecule has 0 saturated heterocycles. The van der Waals surface area contributed by atoms with Gasteiger partial charge in [-0.1, -0.05) is 42.5 Å². The first-order valence-electron chi connectivity index (χ1n) is 12.1. The van der Waals surface area contributed by atoms with E-state index in [1.165, 1.54) is 6.21 Å². The fourth-order valence-electron chi connectivity index (χ4n) is 3.23. The summed E-state index contributed by atoms with van der Waals surface area (Å²) in [5, 5.41) is 9.14. The number of carbonyl (C=O) groups excluding carboxylic acids is 3. The van der Waals surface area contributed by atoms with Gasteiger partial charge in [0.2, 0.25) is 0 Å². The van der Waals surface area contributed by atoms with Crippen molar-refractivity contribution in [2.45, 2.75) is 20.4 Å². The predicted molar refractivity (Wildman–Crippen MR) is 143 cm³/mol. The SMILES string of the molecule is CCOc1ccccc1NC(=O)C(=O)NN=Cc1ccc(OCC(=O)NCc2ccccc2)c(OCC)c1. The van der Waals surface area contributed by atoms with Gasteiger partial charge in [0.15, 0.2) is 18.1 Å². The molecule has 198 valence electrons. The quantitative estimate of drug-likeness (QED) is 0.192. The number of nitrogens with zero attached hydrogens (tertiary/aromatic N) is 1. The molecule has 0 saturated carbocycles. The Kier molecular flexibility index (Phi) is 10.7. The summed E-state index contributed by atoms with van der Waals surface area (Å²) in [6, 6.07) is 21.3. The Morgan fingerprint density at radius 3 is 2.26 bits per heavy atom. The monoisotopic (exact) mass is 518 g/mol. The van der Waals surface area contributed by atoms with Crippen LogP contribution in [0.5, 0.6) is 17.2 Å². The number of para-hydroxylation sites is 2. The standard InChI is InChI=1S/C28H30N4O6/c1-3-36-23-13-9-8-12-22(23)31-27(34)28(35)32-30-18-21-14-15-24(25(16-21)37-4-2)38-19-26(33)29-17-20-10-6-5-7-11-20/h5-16,18H,3-4,17,19H2,1-2H3,(H,29,33)(H,31,34)(H,32,35). The lowest BCUT2D eigenvalue weighted by atomic mass is 10.2. The molecule has 0 aliphatic heterocycles. The molecule has 0 bridgehead atoms. The third-order valence-electron chi connectivity index (χ3n) is 4.98. The van der Waals surface area contributed by atoms with Gasteiger partial charge in [-0.2, -0.15) is 5.10 Å². The molecular formula is C28H30N4O6. The van der Waals surface area contributed by atoms with Gasteiger partial charge < -0.3 is 24.8 Å². The minimum Gasteiger partial charge on any atom is -0.492 e. The molecule has 38 heavy (non-hydrogen) atoms. The van der Waals surface area contributed by atoms with Crippen molar-refractivity contribution in [1.82, 2.24) is 10.7 Å². The molecule has 0 heterocycles. The largest absolute Gasteiger partial charge is 0.492 e. The van der Waals surface area contributed by atoms with Crippen LogP contribution in [0.3, 0.4) is 0 Å². The van der Waals surface area contributed by atoms with Gasteiger partial charge in [-0.25, -0.2) is 5.43 Å². The molecule has 10 nitrogen and oxygen atoms in total. The Morgan fingerprint density at radius 2 is 1.50 bits per heavy atom. The van der Waals surface area contributed by atoms with Crippen LogP contribution >= 0.6 is 0 Å². The van der Waals surface area contributed by atoms with E-state index < -0.39 is 11.8 Å². The van der Waals surface area contributed by atoms with E-state index in [0.29, 0.717) is 48.3 Å². The van der Waals surface area contributed by atoms with Gasteiger partial charge in [0.05, 0.1) is 25.1 Å². The van der Waals surface area contributed by atoms with Crippen molar-refractivity contribution in [2.24, 2.45) is 5.10 Å². The topological polar surface area (TPSA) is 127 Å². The maximum atomic E-state index is 12.2. The summed E-state index contributed by atoms with van der Waals surface area (Å²) in [4.78, 5) is 36.6. The summed E-state index contributed by atoms with van der Waals surface area (Å²) in [5.41, 5.74) is 4.13. The van der Waals surface area contributed by atoms with Crippen molar-refractivity contribution >= 4 is 29.6 Å². The maximum Gasteiger partial charge on any atom is 0.329 e. The molecule has 0 aliphatic carbocycles. The molecule has 0 fully saturated rings. The van der Waals surface area contributed by atoms with Crippen LogP contribution in [0.2, 0.25) is 0 Å². The van der Waals surface area contributed by atoms with Gasteiger partial charge in [0.1, 0.15) is 5.75 Å². The van der Waals surface area contributed by atoms with Crippen molar-refractivity contribution in [3.63, 3.8) is 0 Å². The average molecular weight is 519 g/mol. The number of amides is 3. The van der Waals surface area contributed by atoms with Crippen LogP contribution in [0, 0.1) is 0 Å². The van der Waals surface area contributed by atoms with E-state index in [1.54, 1.807) is 42.5 Å². The molecule has 3 amide bonds. The zero-order valence-corrected chi connectivity index (χ0v) is 21.2. The lowest BCUT2D eigenvalue weighted by Crippen LogP contribution is -2.32. The molecule has 0 unspecified atom stereocenters. The van der Waals surface area contributed by atoms with Crippen LogP contribution in [-0.2, 0) is 20.9 Å². The number of rotatable bonds is 12. The molecular weight excluding hydrogens is 488 g/mol. The number of carbonyl (C=O) groups is 3.